The molecule has 0 radical (unpaired) electrons. The number of fused-ring (bicyclic) bond motifs is 2. The molecule has 0 aliphatic carbocycles. The molecule has 2 aromatic rings. The van der Waals surface area contributed by atoms with Crippen LogP contribution in [0, 0.1) is 16.2 Å². The monoisotopic (exact) mass is 474 g/mol. The maximum absolute atomic E-state index is 14.2. The van der Waals surface area contributed by atoms with E-state index in [4.69, 9.17) is 0 Å². The van der Waals surface area contributed by atoms with Gasteiger partial charge in [-0.25, -0.2) is 0 Å². The molecule has 2 heterocycles. The van der Waals surface area contributed by atoms with Crippen LogP contribution in [0.25, 0.3) is 0 Å². The lowest BCUT2D eigenvalue weighted by Gasteiger charge is -2.47. The summed E-state index contributed by atoms with van der Waals surface area (Å²) in [5, 5.41) is 0. The lowest BCUT2D eigenvalue weighted by atomic mass is 9.69. The van der Waals surface area contributed by atoms with Gasteiger partial charge in [0.05, 0.1) is 13.1 Å². The number of carbonyl (C=O) groups is 4. The molecule has 2 amide bonds. The number of carbonyl (C=O) groups excluding carboxylic acids is 4. The van der Waals surface area contributed by atoms with E-state index in [1.165, 1.54) is 9.80 Å². The summed E-state index contributed by atoms with van der Waals surface area (Å²) >= 11 is 0. The van der Waals surface area contributed by atoms with Gasteiger partial charge in [0, 0.05) is 22.2 Å². The summed E-state index contributed by atoms with van der Waals surface area (Å²) in [7, 11) is 0. The van der Waals surface area contributed by atoms with Gasteiger partial charge in [-0.2, -0.15) is 0 Å². The molecule has 0 bridgehead atoms. The molecule has 6 heteroatoms. The van der Waals surface area contributed by atoms with Gasteiger partial charge >= 0.3 is 0 Å². The summed E-state index contributed by atoms with van der Waals surface area (Å²) in [4.78, 5) is 57.5. The van der Waals surface area contributed by atoms with Crippen LogP contribution in [0.2, 0.25) is 0 Å². The summed E-state index contributed by atoms with van der Waals surface area (Å²) in [5.41, 5.74) is 0.378. The highest BCUT2D eigenvalue weighted by atomic mass is 16.2. The van der Waals surface area contributed by atoms with E-state index in [1.54, 1.807) is 0 Å². The van der Waals surface area contributed by atoms with Gasteiger partial charge < -0.3 is 9.80 Å². The normalized spacial score (nSPS) is 17.3. The number of hydrogen-bond donors (Lipinski definition) is 0. The second kappa shape index (κ2) is 8.43. The fourth-order valence-corrected chi connectivity index (χ4v) is 4.76. The van der Waals surface area contributed by atoms with E-state index < -0.39 is 16.2 Å². The van der Waals surface area contributed by atoms with Crippen LogP contribution >= 0.6 is 0 Å². The van der Waals surface area contributed by atoms with Gasteiger partial charge in [0.25, 0.3) is 0 Å². The van der Waals surface area contributed by atoms with Gasteiger partial charge in [-0.1, -0.05) is 77.9 Å². The maximum Gasteiger partial charge on any atom is 0.243 e. The Morgan fingerprint density at radius 1 is 0.686 bits per heavy atom. The molecule has 35 heavy (non-hydrogen) atoms. The van der Waals surface area contributed by atoms with E-state index in [-0.39, 0.29) is 49.3 Å². The lowest BCUT2D eigenvalue weighted by molar-refractivity contribution is -0.143. The number of nitrogens with zero attached hydrogens (tertiary/aromatic N) is 2. The molecule has 4 rings (SSSR count). The Balaban J connectivity index is 1.84. The first-order valence-corrected chi connectivity index (χ1v) is 12.1. The van der Waals surface area contributed by atoms with Crippen LogP contribution in [0.3, 0.4) is 0 Å². The van der Waals surface area contributed by atoms with Crippen LogP contribution in [-0.4, -0.2) is 36.5 Å². The smallest absolute Gasteiger partial charge is 0.243 e. The highest BCUT2D eigenvalue weighted by Crippen LogP contribution is 2.46. The van der Waals surface area contributed by atoms with Crippen molar-refractivity contribution in [2.24, 2.45) is 16.2 Å². The van der Waals surface area contributed by atoms with Gasteiger partial charge in [-0.15, -0.1) is 0 Å². The van der Waals surface area contributed by atoms with Gasteiger partial charge in [0.2, 0.25) is 11.8 Å². The fourth-order valence-electron chi connectivity index (χ4n) is 4.76. The molecule has 2 aliphatic heterocycles. The lowest BCUT2D eigenvalue weighted by Crippen LogP contribution is -2.62. The average Bonchev–Trinajstić information content (AvgIpc) is 2.78. The van der Waals surface area contributed by atoms with Crippen molar-refractivity contribution in [1.29, 1.82) is 0 Å². The van der Waals surface area contributed by atoms with E-state index in [2.05, 4.69) is 0 Å². The van der Waals surface area contributed by atoms with Crippen LogP contribution in [0.1, 0.15) is 52.7 Å². The quantitative estimate of drug-likeness (QED) is 0.617. The molecule has 184 valence electrons. The molecule has 6 nitrogen and oxygen atoms in total. The minimum Gasteiger partial charge on any atom is -0.304 e. The number of Topliss-reactive ketones (excluding diaryl/α,β-unsaturated/α-hetero) is 2. The molecule has 0 saturated carbocycles. The Labute approximate surface area is 207 Å². The van der Waals surface area contributed by atoms with Gasteiger partial charge in [-0.05, 0) is 36.1 Å². The van der Waals surface area contributed by atoms with E-state index in [9.17, 15) is 19.2 Å². The minimum atomic E-state index is -1.40. The van der Waals surface area contributed by atoms with E-state index >= 15 is 0 Å². The van der Waals surface area contributed by atoms with Crippen molar-refractivity contribution in [3.63, 3.8) is 0 Å². The zero-order valence-electron chi connectivity index (χ0n) is 21.5. The Morgan fingerprint density at radius 3 is 1.37 bits per heavy atom. The summed E-state index contributed by atoms with van der Waals surface area (Å²) in [5.74, 6) is -0.912. The maximum atomic E-state index is 14.2. The third-order valence-electron chi connectivity index (χ3n) is 7.13. The molecule has 0 fully saturated rings. The van der Waals surface area contributed by atoms with E-state index in [0.717, 1.165) is 11.1 Å². The first-order valence-electron chi connectivity index (χ1n) is 12.1. The number of hydrogen-bond acceptors (Lipinski definition) is 4. The Morgan fingerprint density at radius 2 is 1.03 bits per heavy atom. The predicted molar refractivity (Wildman–Crippen MR) is 136 cm³/mol. The van der Waals surface area contributed by atoms with Crippen molar-refractivity contribution in [3.8, 4) is 0 Å². The molecular formula is C29H34N2O4. The Hall–Kier alpha value is -3.28. The van der Waals surface area contributed by atoms with Crippen LogP contribution in [0.5, 0.6) is 0 Å². The topological polar surface area (TPSA) is 74.8 Å². The largest absolute Gasteiger partial charge is 0.304 e. The van der Waals surface area contributed by atoms with Gasteiger partial charge in [0.1, 0.15) is 5.41 Å². The number of benzene rings is 2. The van der Waals surface area contributed by atoms with Crippen LogP contribution in [0.15, 0.2) is 48.5 Å². The van der Waals surface area contributed by atoms with Crippen LogP contribution < -0.4 is 9.80 Å². The molecule has 0 N–H and O–H groups in total. The Bertz CT molecular complexity index is 1120. The average molecular weight is 475 g/mol. The predicted octanol–water partition coefficient (Wildman–Crippen LogP) is 4.38. The zero-order valence-corrected chi connectivity index (χ0v) is 21.5. The highest BCUT2D eigenvalue weighted by Gasteiger charge is 2.56. The molecule has 2 aliphatic rings. The molecule has 1 spiro atoms. The third-order valence-corrected chi connectivity index (χ3v) is 7.13. The second-order valence-electron chi connectivity index (χ2n) is 11.8. The highest BCUT2D eigenvalue weighted by molar-refractivity contribution is 6.21. The van der Waals surface area contributed by atoms with E-state index in [1.807, 2.05) is 90.1 Å². The molecule has 0 unspecified atom stereocenters. The summed E-state index contributed by atoms with van der Waals surface area (Å²) in [6, 6.07) is 14.9. The number of rotatable bonds is 4. The fraction of sp³-hybridized carbons (Fsp3) is 0.448. The van der Waals surface area contributed by atoms with Crippen molar-refractivity contribution in [1.82, 2.24) is 0 Å². The van der Waals surface area contributed by atoms with Crippen LogP contribution in [0.4, 0.5) is 11.4 Å². The van der Waals surface area contributed by atoms with Crippen molar-refractivity contribution in [2.75, 3.05) is 22.9 Å². The number of anilines is 2. The molecule has 0 atom stereocenters. The summed E-state index contributed by atoms with van der Waals surface area (Å²) in [6.07, 6.45) is 0.463. The van der Waals surface area contributed by atoms with Crippen molar-refractivity contribution >= 4 is 34.8 Å². The van der Waals surface area contributed by atoms with Gasteiger partial charge in [0.15, 0.2) is 11.6 Å². The second-order valence-corrected chi connectivity index (χ2v) is 11.8. The summed E-state index contributed by atoms with van der Waals surface area (Å²) in [6.45, 7) is 10.8. The molecule has 0 saturated heterocycles. The van der Waals surface area contributed by atoms with Crippen molar-refractivity contribution < 1.29 is 19.2 Å². The SMILES string of the molecule is CC(C)(C)C(=O)CN1C(=O)C2(Cc3ccccc31)Cc1ccccc1N(CC(=O)C(C)(C)C)C2=O. The number of amides is 2. The Kier molecular flexibility index (Phi) is 5.98. The molecular weight excluding hydrogens is 440 g/mol. The number of ketones is 2. The van der Waals surface area contributed by atoms with Gasteiger partial charge in [-0.3, -0.25) is 19.2 Å². The molecule has 0 aromatic heterocycles. The first kappa shape index (κ1) is 24.8. The van der Waals surface area contributed by atoms with Crippen LogP contribution in [-0.2, 0) is 32.0 Å². The standard InChI is InChI=1S/C29H34N2O4/c1-27(2,3)23(32)17-30-21-13-9-7-11-19(21)15-29(25(30)34)16-20-12-8-10-14-22(20)31(26(29)35)18-24(33)28(4,5)6/h7-14H,15-18H2,1-6H3. The van der Waals surface area contributed by atoms with E-state index in [0.29, 0.717) is 11.4 Å². The van der Waals surface area contributed by atoms with Crippen molar-refractivity contribution in [3.05, 3.63) is 59.7 Å². The molecule has 2 aromatic carbocycles. The third kappa shape index (κ3) is 4.30. The number of para-hydroxylation sites is 2. The summed E-state index contributed by atoms with van der Waals surface area (Å²) < 4.78 is 0. The van der Waals surface area contributed by atoms with Crippen molar-refractivity contribution in [2.45, 2.75) is 54.4 Å². The zero-order chi connectivity index (χ0) is 25.8. The first-order chi connectivity index (χ1) is 16.3. The minimum absolute atomic E-state index is 0.0823.